The predicted molar refractivity (Wildman–Crippen MR) is 66.0 cm³/mol. The van der Waals surface area contributed by atoms with Crippen molar-refractivity contribution < 1.29 is 0 Å². The highest BCUT2D eigenvalue weighted by molar-refractivity contribution is 4.84. The summed E-state index contributed by atoms with van der Waals surface area (Å²) in [6.45, 7) is 12.6. The zero-order valence-electron chi connectivity index (χ0n) is 10.6. The molecule has 1 heterocycles. The van der Waals surface area contributed by atoms with Crippen molar-refractivity contribution in [2.45, 2.75) is 45.7 Å². The molecule has 3 nitrogen and oxygen atoms in total. The molecule has 0 aliphatic carbocycles. The van der Waals surface area contributed by atoms with E-state index in [1.807, 2.05) is 0 Å². The molecule has 0 amide bonds. The number of likely N-dealkylation sites (N-methyl/N-ethyl adjacent to an activating group) is 1. The van der Waals surface area contributed by atoms with Gasteiger partial charge in [0.15, 0.2) is 0 Å². The molecule has 0 spiro atoms. The summed E-state index contributed by atoms with van der Waals surface area (Å²) in [6.07, 6.45) is 2.41. The van der Waals surface area contributed by atoms with E-state index in [0.29, 0.717) is 6.04 Å². The second-order valence-electron chi connectivity index (χ2n) is 4.59. The first-order valence-electron chi connectivity index (χ1n) is 6.43. The van der Waals surface area contributed by atoms with E-state index < -0.39 is 0 Å². The van der Waals surface area contributed by atoms with Crippen LogP contribution >= 0.6 is 0 Å². The van der Waals surface area contributed by atoms with E-state index >= 15 is 0 Å². The highest BCUT2D eigenvalue weighted by atomic mass is 15.3. The van der Waals surface area contributed by atoms with Crippen LogP contribution in [0.4, 0.5) is 0 Å². The van der Waals surface area contributed by atoms with Crippen LogP contribution in [0.15, 0.2) is 0 Å². The van der Waals surface area contributed by atoms with E-state index in [-0.39, 0.29) is 0 Å². The Morgan fingerprint density at radius 3 is 2.53 bits per heavy atom. The van der Waals surface area contributed by atoms with Crippen LogP contribution in [-0.4, -0.2) is 54.6 Å². The molecule has 0 aromatic heterocycles. The van der Waals surface area contributed by atoms with E-state index in [1.54, 1.807) is 0 Å². The SMILES string of the molecule is CCC(N)CN1CCC(N(CC)CC)C1. The summed E-state index contributed by atoms with van der Waals surface area (Å²) in [6, 6.07) is 1.13. The Kier molecular flexibility index (Phi) is 5.58. The summed E-state index contributed by atoms with van der Waals surface area (Å²) in [5, 5.41) is 0. The van der Waals surface area contributed by atoms with Gasteiger partial charge < -0.3 is 10.6 Å². The quantitative estimate of drug-likeness (QED) is 0.718. The molecule has 0 aromatic rings. The van der Waals surface area contributed by atoms with Gasteiger partial charge in [0.25, 0.3) is 0 Å². The van der Waals surface area contributed by atoms with Crippen molar-refractivity contribution in [2.24, 2.45) is 5.73 Å². The Morgan fingerprint density at radius 1 is 1.33 bits per heavy atom. The lowest BCUT2D eigenvalue weighted by atomic mass is 10.2. The molecular weight excluding hydrogens is 186 g/mol. The molecule has 1 fully saturated rings. The molecule has 2 N–H and O–H groups in total. The number of nitrogens with two attached hydrogens (primary N) is 1. The summed E-state index contributed by atoms with van der Waals surface area (Å²) in [5.41, 5.74) is 5.98. The van der Waals surface area contributed by atoms with E-state index in [1.165, 1.54) is 32.6 Å². The first-order valence-corrected chi connectivity index (χ1v) is 6.43. The smallest absolute Gasteiger partial charge is 0.0235 e. The number of likely N-dealkylation sites (tertiary alicyclic amines) is 1. The Labute approximate surface area is 94.6 Å². The molecule has 0 bridgehead atoms. The number of hydrogen-bond acceptors (Lipinski definition) is 3. The summed E-state index contributed by atoms with van der Waals surface area (Å²) < 4.78 is 0. The van der Waals surface area contributed by atoms with Crippen LogP contribution < -0.4 is 5.73 Å². The standard InChI is InChI=1S/C12H27N3/c1-4-11(13)9-14-8-7-12(10-14)15(5-2)6-3/h11-12H,4-10,13H2,1-3H3. The van der Waals surface area contributed by atoms with E-state index in [2.05, 4.69) is 30.6 Å². The molecule has 0 saturated carbocycles. The van der Waals surface area contributed by atoms with Crippen LogP contribution in [0.2, 0.25) is 0 Å². The Bertz CT molecular complexity index is 168. The maximum Gasteiger partial charge on any atom is 0.0235 e. The highest BCUT2D eigenvalue weighted by Crippen LogP contribution is 2.15. The second-order valence-corrected chi connectivity index (χ2v) is 4.59. The van der Waals surface area contributed by atoms with Crippen molar-refractivity contribution in [1.82, 2.24) is 9.80 Å². The summed E-state index contributed by atoms with van der Waals surface area (Å²) in [5.74, 6) is 0. The Balaban J connectivity index is 2.31. The number of hydrogen-bond donors (Lipinski definition) is 1. The van der Waals surface area contributed by atoms with Gasteiger partial charge in [-0.25, -0.2) is 0 Å². The fourth-order valence-electron chi connectivity index (χ4n) is 2.48. The van der Waals surface area contributed by atoms with Crippen molar-refractivity contribution in [1.29, 1.82) is 0 Å². The van der Waals surface area contributed by atoms with E-state index in [4.69, 9.17) is 5.73 Å². The minimum absolute atomic E-state index is 0.362. The van der Waals surface area contributed by atoms with Gasteiger partial charge in [-0.05, 0) is 32.5 Å². The fraction of sp³-hybridized carbons (Fsp3) is 1.00. The molecular formula is C12H27N3. The summed E-state index contributed by atoms with van der Waals surface area (Å²) in [4.78, 5) is 5.09. The zero-order valence-corrected chi connectivity index (χ0v) is 10.6. The molecule has 0 radical (unpaired) electrons. The van der Waals surface area contributed by atoms with E-state index in [9.17, 15) is 0 Å². The van der Waals surface area contributed by atoms with Gasteiger partial charge in [0.2, 0.25) is 0 Å². The highest BCUT2D eigenvalue weighted by Gasteiger charge is 2.26. The maximum absolute atomic E-state index is 5.98. The average molecular weight is 213 g/mol. The first kappa shape index (κ1) is 12.9. The number of nitrogens with zero attached hydrogens (tertiary/aromatic N) is 2. The largest absolute Gasteiger partial charge is 0.327 e. The molecule has 2 unspecified atom stereocenters. The zero-order chi connectivity index (χ0) is 11.3. The normalized spacial score (nSPS) is 25.0. The van der Waals surface area contributed by atoms with Gasteiger partial charge in [-0.2, -0.15) is 0 Å². The van der Waals surface area contributed by atoms with Gasteiger partial charge >= 0.3 is 0 Å². The lowest BCUT2D eigenvalue weighted by Crippen LogP contribution is -2.40. The molecule has 90 valence electrons. The van der Waals surface area contributed by atoms with Gasteiger partial charge in [-0.1, -0.05) is 20.8 Å². The van der Waals surface area contributed by atoms with Crippen LogP contribution in [0, 0.1) is 0 Å². The minimum atomic E-state index is 0.362. The Morgan fingerprint density at radius 2 is 2.00 bits per heavy atom. The molecule has 2 atom stereocenters. The monoisotopic (exact) mass is 213 g/mol. The third-order valence-corrected chi connectivity index (χ3v) is 3.59. The summed E-state index contributed by atoms with van der Waals surface area (Å²) >= 11 is 0. The minimum Gasteiger partial charge on any atom is -0.327 e. The van der Waals surface area contributed by atoms with Crippen LogP contribution in [0.5, 0.6) is 0 Å². The molecule has 15 heavy (non-hydrogen) atoms. The van der Waals surface area contributed by atoms with E-state index in [0.717, 1.165) is 19.0 Å². The molecule has 1 aliphatic heterocycles. The van der Waals surface area contributed by atoms with Crippen LogP contribution in [-0.2, 0) is 0 Å². The average Bonchev–Trinajstić information content (AvgIpc) is 2.68. The first-order chi connectivity index (χ1) is 7.21. The van der Waals surface area contributed by atoms with Gasteiger partial charge in [-0.3, -0.25) is 4.90 Å². The number of rotatable bonds is 6. The van der Waals surface area contributed by atoms with Gasteiger partial charge in [0.1, 0.15) is 0 Å². The molecule has 1 saturated heterocycles. The van der Waals surface area contributed by atoms with Crippen molar-refractivity contribution in [3.63, 3.8) is 0 Å². The second kappa shape index (κ2) is 6.46. The maximum atomic E-state index is 5.98. The van der Waals surface area contributed by atoms with Crippen molar-refractivity contribution in [2.75, 3.05) is 32.7 Å². The molecule has 1 aliphatic rings. The van der Waals surface area contributed by atoms with Crippen LogP contribution in [0.1, 0.15) is 33.6 Å². The molecule has 3 heteroatoms. The fourth-order valence-corrected chi connectivity index (χ4v) is 2.48. The molecule has 0 aromatic carbocycles. The van der Waals surface area contributed by atoms with Gasteiger partial charge in [0.05, 0.1) is 0 Å². The van der Waals surface area contributed by atoms with Crippen LogP contribution in [0.25, 0.3) is 0 Å². The predicted octanol–water partition coefficient (Wildman–Crippen LogP) is 1.14. The van der Waals surface area contributed by atoms with Crippen molar-refractivity contribution >= 4 is 0 Å². The van der Waals surface area contributed by atoms with Crippen molar-refractivity contribution in [3.8, 4) is 0 Å². The van der Waals surface area contributed by atoms with Crippen molar-refractivity contribution in [3.05, 3.63) is 0 Å². The van der Waals surface area contributed by atoms with Gasteiger partial charge in [-0.15, -0.1) is 0 Å². The third-order valence-electron chi connectivity index (χ3n) is 3.59. The topological polar surface area (TPSA) is 32.5 Å². The lowest BCUT2D eigenvalue weighted by Gasteiger charge is -2.26. The third kappa shape index (κ3) is 3.74. The molecule has 1 rings (SSSR count). The van der Waals surface area contributed by atoms with Gasteiger partial charge in [0, 0.05) is 25.2 Å². The van der Waals surface area contributed by atoms with Crippen LogP contribution in [0.3, 0.4) is 0 Å². The Hall–Kier alpha value is -0.120. The lowest BCUT2D eigenvalue weighted by molar-refractivity contribution is 0.207. The summed E-state index contributed by atoms with van der Waals surface area (Å²) in [7, 11) is 0.